The Kier molecular flexibility index (Phi) is 4.82. The van der Waals surface area contributed by atoms with Crippen molar-refractivity contribution in [1.29, 1.82) is 0 Å². The Bertz CT molecular complexity index is 999. The van der Waals surface area contributed by atoms with Gasteiger partial charge < -0.3 is 20.3 Å². The molecule has 1 aliphatic heterocycles. The lowest BCUT2D eigenvalue weighted by Gasteiger charge is -2.32. The van der Waals surface area contributed by atoms with E-state index in [0.717, 1.165) is 36.4 Å². The predicted molar refractivity (Wildman–Crippen MR) is 107 cm³/mol. The molecule has 1 unspecified atom stereocenters. The van der Waals surface area contributed by atoms with Crippen molar-refractivity contribution in [3.05, 3.63) is 36.0 Å². The van der Waals surface area contributed by atoms with Gasteiger partial charge in [0.2, 0.25) is 0 Å². The van der Waals surface area contributed by atoms with E-state index < -0.39 is 0 Å². The lowest BCUT2D eigenvalue weighted by atomic mass is 10.1. The van der Waals surface area contributed by atoms with Crippen LogP contribution >= 0.6 is 0 Å². The van der Waals surface area contributed by atoms with Crippen LogP contribution in [0.15, 0.2) is 30.5 Å². The molecule has 1 fully saturated rings. The average Bonchev–Trinajstić information content (AvgIpc) is 3.06. The third kappa shape index (κ3) is 3.61. The summed E-state index contributed by atoms with van der Waals surface area (Å²) in [6, 6.07) is 7.57. The molecule has 9 heteroatoms. The number of piperazine rings is 1. The molecule has 28 heavy (non-hydrogen) atoms. The molecule has 0 spiro atoms. The number of ether oxygens (including phenoxy) is 1. The summed E-state index contributed by atoms with van der Waals surface area (Å²) in [6.45, 7) is 4.81. The van der Waals surface area contributed by atoms with Crippen LogP contribution in [0.25, 0.3) is 10.9 Å². The molecular formula is C19H23N7O2. The first kappa shape index (κ1) is 18.2. The first-order valence-corrected chi connectivity index (χ1v) is 9.18. The highest BCUT2D eigenvalue weighted by Gasteiger charge is 2.19. The van der Waals surface area contributed by atoms with Crippen molar-refractivity contribution in [2.75, 3.05) is 37.0 Å². The quantitative estimate of drug-likeness (QED) is 0.705. The third-order valence-corrected chi connectivity index (χ3v) is 4.77. The highest BCUT2D eigenvalue weighted by molar-refractivity contribution is 6.08. The van der Waals surface area contributed by atoms with Crippen LogP contribution in [0.2, 0.25) is 0 Å². The van der Waals surface area contributed by atoms with Gasteiger partial charge in [-0.3, -0.25) is 9.48 Å². The minimum atomic E-state index is -0.305. The number of carbonyl (C=O) groups is 1. The van der Waals surface area contributed by atoms with Crippen LogP contribution in [-0.2, 0) is 7.05 Å². The number of hydrogen-bond donors (Lipinski definition) is 2. The van der Waals surface area contributed by atoms with Crippen molar-refractivity contribution in [1.82, 2.24) is 25.3 Å². The second-order valence-corrected chi connectivity index (χ2v) is 6.95. The topological polar surface area (TPSA) is 97.2 Å². The minimum Gasteiger partial charge on any atom is -0.496 e. The monoisotopic (exact) mass is 381 g/mol. The lowest BCUT2D eigenvalue weighted by molar-refractivity contribution is 0.102. The predicted octanol–water partition coefficient (Wildman–Crippen LogP) is 1.42. The number of nitrogens with zero attached hydrogens (tertiary/aromatic N) is 5. The number of hydrogen-bond acceptors (Lipinski definition) is 7. The first-order valence-electron chi connectivity index (χ1n) is 9.18. The molecule has 3 heterocycles. The molecule has 0 saturated carbocycles. The van der Waals surface area contributed by atoms with Crippen LogP contribution in [0.5, 0.6) is 5.75 Å². The highest BCUT2D eigenvalue weighted by atomic mass is 16.5. The van der Waals surface area contributed by atoms with Crippen molar-refractivity contribution in [3.8, 4) is 5.75 Å². The van der Waals surface area contributed by atoms with E-state index in [9.17, 15) is 4.79 Å². The van der Waals surface area contributed by atoms with Crippen LogP contribution in [0.1, 0.15) is 17.3 Å². The van der Waals surface area contributed by atoms with Crippen molar-refractivity contribution < 1.29 is 9.53 Å². The maximum atomic E-state index is 12.8. The number of amides is 1. The SMILES string of the molecule is COc1cc2nn(C)cc2cc1C(=O)Nc1ccc(N2CCNC(C)C2)nn1. The van der Waals surface area contributed by atoms with Gasteiger partial charge in [0, 0.05) is 50.4 Å². The van der Waals surface area contributed by atoms with E-state index in [1.54, 1.807) is 22.9 Å². The van der Waals surface area contributed by atoms with E-state index in [2.05, 4.69) is 37.8 Å². The molecule has 3 aromatic rings. The van der Waals surface area contributed by atoms with Gasteiger partial charge in [0.15, 0.2) is 11.6 Å². The first-order chi connectivity index (χ1) is 13.5. The van der Waals surface area contributed by atoms with Crippen molar-refractivity contribution >= 4 is 28.4 Å². The summed E-state index contributed by atoms with van der Waals surface area (Å²) >= 11 is 0. The van der Waals surface area contributed by atoms with Gasteiger partial charge in [0.25, 0.3) is 5.91 Å². The van der Waals surface area contributed by atoms with Crippen molar-refractivity contribution in [2.45, 2.75) is 13.0 Å². The fraction of sp³-hybridized carbons (Fsp3) is 0.368. The number of fused-ring (bicyclic) bond motifs is 1. The molecule has 2 aromatic heterocycles. The van der Waals surface area contributed by atoms with Crippen LogP contribution in [-0.4, -0.2) is 58.7 Å². The Morgan fingerprint density at radius 3 is 2.89 bits per heavy atom. The summed E-state index contributed by atoms with van der Waals surface area (Å²) in [4.78, 5) is 14.9. The van der Waals surface area contributed by atoms with Gasteiger partial charge in [0.05, 0.1) is 18.2 Å². The molecule has 0 bridgehead atoms. The zero-order valence-electron chi connectivity index (χ0n) is 16.1. The Hall–Kier alpha value is -3.20. The number of anilines is 2. The van der Waals surface area contributed by atoms with Gasteiger partial charge in [-0.2, -0.15) is 5.10 Å². The zero-order chi connectivity index (χ0) is 19.7. The van der Waals surface area contributed by atoms with Crippen LogP contribution in [0.4, 0.5) is 11.6 Å². The molecule has 4 rings (SSSR count). The van der Waals surface area contributed by atoms with Crippen LogP contribution in [0.3, 0.4) is 0 Å². The van der Waals surface area contributed by atoms with E-state index >= 15 is 0 Å². The molecule has 0 radical (unpaired) electrons. The van der Waals surface area contributed by atoms with E-state index in [1.807, 2.05) is 19.3 Å². The van der Waals surface area contributed by atoms with Crippen molar-refractivity contribution in [3.63, 3.8) is 0 Å². The number of nitrogens with one attached hydrogen (secondary N) is 2. The molecule has 1 aliphatic rings. The van der Waals surface area contributed by atoms with Gasteiger partial charge in [-0.1, -0.05) is 0 Å². The number of benzene rings is 1. The third-order valence-electron chi connectivity index (χ3n) is 4.77. The molecular weight excluding hydrogens is 358 g/mol. The number of rotatable bonds is 4. The fourth-order valence-electron chi connectivity index (χ4n) is 3.41. The lowest BCUT2D eigenvalue weighted by Crippen LogP contribution is -2.49. The second kappa shape index (κ2) is 7.43. The smallest absolute Gasteiger partial charge is 0.260 e. The van der Waals surface area contributed by atoms with Crippen LogP contribution < -0.4 is 20.3 Å². The number of aromatic nitrogens is 4. The van der Waals surface area contributed by atoms with Gasteiger partial charge in [-0.25, -0.2) is 0 Å². The number of aryl methyl sites for hydroxylation is 1. The molecule has 146 valence electrons. The molecule has 1 atom stereocenters. The largest absolute Gasteiger partial charge is 0.496 e. The van der Waals surface area contributed by atoms with E-state index in [0.29, 0.717) is 23.2 Å². The standard InChI is InChI=1S/C19H23N7O2/c1-12-10-26(7-6-20-12)18-5-4-17(22-23-18)21-19(27)14-8-13-11-25(2)24-15(13)9-16(14)28-3/h4-5,8-9,11-12,20H,6-7,10H2,1-3H3,(H,21,22,27). The minimum absolute atomic E-state index is 0.305. The van der Waals surface area contributed by atoms with E-state index in [4.69, 9.17) is 4.74 Å². The summed E-state index contributed by atoms with van der Waals surface area (Å²) in [5.74, 6) is 1.36. The Balaban J connectivity index is 1.52. The summed E-state index contributed by atoms with van der Waals surface area (Å²) in [5.41, 5.74) is 1.19. The normalized spacial score (nSPS) is 17.0. The molecule has 9 nitrogen and oxygen atoms in total. The summed E-state index contributed by atoms with van der Waals surface area (Å²) < 4.78 is 7.07. The Labute approximate surface area is 162 Å². The van der Waals surface area contributed by atoms with Gasteiger partial charge in [-0.05, 0) is 25.1 Å². The Morgan fingerprint density at radius 1 is 1.32 bits per heavy atom. The maximum absolute atomic E-state index is 12.8. The highest BCUT2D eigenvalue weighted by Crippen LogP contribution is 2.26. The number of methoxy groups -OCH3 is 1. The fourth-order valence-corrected chi connectivity index (χ4v) is 3.41. The molecule has 1 amide bonds. The van der Waals surface area contributed by atoms with E-state index in [-0.39, 0.29) is 5.91 Å². The van der Waals surface area contributed by atoms with Gasteiger partial charge in [0.1, 0.15) is 5.75 Å². The van der Waals surface area contributed by atoms with Crippen LogP contribution in [0, 0.1) is 0 Å². The average molecular weight is 381 g/mol. The van der Waals surface area contributed by atoms with Gasteiger partial charge in [-0.15, -0.1) is 10.2 Å². The molecule has 2 N–H and O–H groups in total. The van der Waals surface area contributed by atoms with E-state index in [1.165, 1.54) is 7.11 Å². The number of carbonyl (C=O) groups excluding carboxylic acids is 1. The summed E-state index contributed by atoms with van der Waals surface area (Å²) in [6.07, 6.45) is 1.86. The second-order valence-electron chi connectivity index (χ2n) is 6.95. The molecule has 0 aliphatic carbocycles. The maximum Gasteiger partial charge on any atom is 0.260 e. The summed E-state index contributed by atoms with van der Waals surface area (Å²) in [7, 11) is 3.37. The van der Waals surface area contributed by atoms with Gasteiger partial charge >= 0.3 is 0 Å². The molecule has 1 saturated heterocycles. The summed E-state index contributed by atoms with van der Waals surface area (Å²) in [5, 5.41) is 19.8. The zero-order valence-corrected chi connectivity index (χ0v) is 16.1. The molecule has 1 aromatic carbocycles. The van der Waals surface area contributed by atoms with Crippen molar-refractivity contribution in [2.24, 2.45) is 7.05 Å². The Morgan fingerprint density at radius 2 is 2.18 bits per heavy atom.